The van der Waals surface area contributed by atoms with E-state index in [1.807, 2.05) is 18.2 Å². The standard InChI is InChI=1S/C23H30N2O5/c1-5-14-12-25-10-9-23(19(25)11-15(14)16(13-28-2)21(26)30-4)20-17(24-22(23)27)7-6-8-18(20)29-3/h6-8,13-15,19H,5,9-12H2,1-4H3,(H,24,27)/b16-13+/t14?,15-,19-,23?/m0/s1. The number of amides is 1. The molecule has 0 aromatic heterocycles. The predicted octanol–water partition coefficient (Wildman–Crippen LogP) is 2.71. The van der Waals surface area contributed by atoms with Crippen molar-refractivity contribution < 1.29 is 23.8 Å². The molecule has 7 heteroatoms. The van der Waals surface area contributed by atoms with E-state index in [0.717, 1.165) is 42.9 Å². The van der Waals surface area contributed by atoms with Crippen molar-refractivity contribution in [3.8, 4) is 5.75 Å². The fourth-order valence-electron chi connectivity index (χ4n) is 5.88. The third-order valence-corrected chi connectivity index (χ3v) is 7.25. The summed E-state index contributed by atoms with van der Waals surface area (Å²) in [4.78, 5) is 28.4. The molecule has 1 N–H and O–H groups in total. The summed E-state index contributed by atoms with van der Waals surface area (Å²) in [7, 11) is 4.58. The van der Waals surface area contributed by atoms with Gasteiger partial charge in [-0.2, -0.15) is 0 Å². The fraction of sp³-hybridized carbons (Fsp3) is 0.565. The van der Waals surface area contributed by atoms with Crippen LogP contribution >= 0.6 is 0 Å². The fourth-order valence-corrected chi connectivity index (χ4v) is 5.88. The monoisotopic (exact) mass is 414 g/mol. The summed E-state index contributed by atoms with van der Waals surface area (Å²) in [6.45, 7) is 3.83. The molecule has 0 radical (unpaired) electrons. The van der Waals surface area contributed by atoms with Gasteiger partial charge in [-0.3, -0.25) is 9.69 Å². The van der Waals surface area contributed by atoms with Gasteiger partial charge in [-0.1, -0.05) is 19.4 Å². The summed E-state index contributed by atoms with van der Waals surface area (Å²) in [5, 5.41) is 3.09. The van der Waals surface area contributed by atoms with Crippen LogP contribution in [0.15, 0.2) is 30.0 Å². The third-order valence-electron chi connectivity index (χ3n) is 7.25. The Labute approximate surface area is 177 Å². The van der Waals surface area contributed by atoms with Gasteiger partial charge in [0.2, 0.25) is 5.91 Å². The zero-order chi connectivity index (χ0) is 21.5. The highest BCUT2D eigenvalue weighted by molar-refractivity contribution is 6.08. The Balaban J connectivity index is 1.78. The average molecular weight is 415 g/mol. The van der Waals surface area contributed by atoms with Crippen molar-refractivity contribution in [3.63, 3.8) is 0 Å². The normalized spacial score (nSPS) is 30.6. The number of carbonyl (C=O) groups excluding carboxylic acids is 2. The van der Waals surface area contributed by atoms with Gasteiger partial charge in [0, 0.05) is 23.8 Å². The molecule has 30 heavy (non-hydrogen) atoms. The van der Waals surface area contributed by atoms with Crippen LogP contribution in [0.2, 0.25) is 0 Å². The molecule has 3 aliphatic heterocycles. The highest BCUT2D eigenvalue weighted by Gasteiger charge is 2.61. The molecule has 0 aliphatic carbocycles. The summed E-state index contributed by atoms with van der Waals surface area (Å²) in [6.07, 6.45) is 3.88. The summed E-state index contributed by atoms with van der Waals surface area (Å²) < 4.78 is 16.0. The molecule has 0 bridgehead atoms. The average Bonchev–Trinajstić information content (AvgIpc) is 3.28. The van der Waals surface area contributed by atoms with E-state index in [1.165, 1.54) is 13.4 Å². The molecule has 1 aromatic rings. The molecule has 4 atom stereocenters. The van der Waals surface area contributed by atoms with E-state index in [-0.39, 0.29) is 23.8 Å². The molecule has 2 unspecified atom stereocenters. The first-order valence-electron chi connectivity index (χ1n) is 10.6. The minimum atomic E-state index is -0.673. The van der Waals surface area contributed by atoms with Crippen molar-refractivity contribution in [1.29, 1.82) is 0 Å². The topological polar surface area (TPSA) is 77.1 Å². The van der Waals surface area contributed by atoms with Crippen LogP contribution in [0.1, 0.15) is 31.7 Å². The largest absolute Gasteiger partial charge is 0.504 e. The molecule has 3 heterocycles. The first kappa shape index (κ1) is 20.7. The first-order chi connectivity index (χ1) is 14.5. The number of benzene rings is 1. The highest BCUT2D eigenvalue weighted by Crippen LogP contribution is 2.55. The molecule has 0 saturated carbocycles. The number of methoxy groups -OCH3 is 3. The number of esters is 1. The quantitative estimate of drug-likeness (QED) is 0.454. The summed E-state index contributed by atoms with van der Waals surface area (Å²) in [5.74, 6) is 0.652. The van der Waals surface area contributed by atoms with Gasteiger partial charge in [-0.15, -0.1) is 0 Å². The van der Waals surface area contributed by atoms with Crippen LogP contribution < -0.4 is 10.1 Å². The second-order valence-electron chi connectivity index (χ2n) is 8.38. The zero-order valence-corrected chi connectivity index (χ0v) is 18.1. The van der Waals surface area contributed by atoms with Crippen LogP contribution in [0.3, 0.4) is 0 Å². The van der Waals surface area contributed by atoms with Crippen LogP contribution in [0.5, 0.6) is 5.75 Å². The second-order valence-corrected chi connectivity index (χ2v) is 8.38. The zero-order valence-electron chi connectivity index (χ0n) is 18.1. The predicted molar refractivity (Wildman–Crippen MR) is 112 cm³/mol. The van der Waals surface area contributed by atoms with Gasteiger partial charge in [0.15, 0.2) is 0 Å². The summed E-state index contributed by atoms with van der Waals surface area (Å²) >= 11 is 0. The lowest BCUT2D eigenvalue weighted by Gasteiger charge is -2.45. The molecule has 1 aromatic carbocycles. The van der Waals surface area contributed by atoms with Gasteiger partial charge in [0.1, 0.15) is 5.75 Å². The summed E-state index contributed by atoms with van der Waals surface area (Å²) in [5.41, 5.74) is 1.66. The maximum Gasteiger partial charge on any atom is 0.337 e. The third kappa shape index (κ3) is 2.90. The van der Waals surface area contributed by atoms with Gasteiger partial charge < -0.3 is 19.5 Å². The SMILES string of the molecule is CCC1CN2CCC3(C(=O)Nc4cccc(OC)c43)[C@@H]2C[C@@H]1/C(=C\OC)C(=O)OC. The van der Waals surface area contributed by atoms with Crippen molar-refractivity contribution in [1.82, 2.24) is 4.90 Å². The number of fused-ring (bicyclic) bond motifs is 4. The van der Waals surface area contributed by atoms with Gasteiger partial charge in [0.25, 0.3) is 0 Å². The smallest absolute Gasteiger partial charge is 0.337 e. The lowest BCUT2D eigenvalue weighted by atomic mass is 9.67. The van der Waals surface area contributed by atoms with Crippen LogP contribution in [0.4, 0.5) is 5.69 Å². The lowest BCUT2D eigenvalue weighted by Crippen LogP contribution is -2.53. The lowest BCUT2D eigenvalue weighted by molar-refractivity contribution is -0.137. The molecule has 1 spiro atoms. The number of rotatable bonds is 5. The molecule has 162 valence electrons. The number of hydrogen-bond acceptors (Lipinski definition) is 6. The van der Waals surface area contributed by atoms with Gasteiger partial charge >= 0.3 is 5.97 Å². The minimum absolute atomic E-state index is 0.0206. The molecule has 2 fully saturated rings. The molecule has 7 nitrogen and oxygen atoms in total. The van der Waals surface area contributed by atoms with E-state index in [9.17, 15) is 9.59 Å². The number of nitrogens with one attached hydrogen (secondary N) is 1. The molecular weight excluding hydrogens is 384 g/mol. The van der Waals surface area contributed by atoms with Crippen molar-refractivity contribution in [2.75, 3.05) is 39.7 Å². The van der Waals surface area contributed by atoms with E-state index < -0.39 is 5.41 Å². The Morgan fingerprint density at radius 1 is 1.33 bits per heavy atom. The van der Waals surface area contributed by atoms with E-state index in [1.54, 1.807) is 14.2 Å². The molecule has 2 saturated heterocycles. The van der Waals surface area contributed by atoms with E-state index in [2.05, 4.69) is 17.1 Å². The maximum atomic E-state index is 13.4. The van der Waals surface area contributed by atoms with Crippen molar-refractivity contribution in [2.45, 2.75) is 37.6 Å². The van der Waals surface area contributed by atoms with E-state index in [4.69, 9.17) is 14.2 Å². The van der Waals surface area contributed by atoms with Gasteiger partial charge in [-0.25, -0.2) is 4.79 Å². The van der Waals surface area contributed by atoms with Crippen molar-refractivity contribution in [2.24, 2.45) is 11.8 Å². The van der Waals surface area contributed by atoms with Crippen LogP contribution in [-0.4, -0.2) is 57.2 Å². The Morgan fingerprint density at radius 3 is 2.80 bits per heavy atom. The number of anilines is 1. The number of carbonyl (C=O) groups is 2. The van der Waals surface area contributed by atoms with E-state index >= 15 is 0 Å². The molecule has 4 rings (SSSR count). The molecule has 3 aliphatic rings. The first-order valence-corrected chi connectivity index (χ1v) is 10.6. The Bertz CT molecular complexity index is 882. The summed E-state index contributed by atoms with van der Waals surface area (Å²) in [6, 6.07) is 5.74. The Hall–Kier alpha value is -2.54. The molecule has 1 amide bonds. The second kappa shape index (κ2) is 7.95. The Kier molecular flexibility index (Phi) is 5.49. The van der Waals surface area contributed by atoms with Crippen molar-refractivity contribution >= 4 is 17.6 Å². The number of nitrogens with zero attached hydrogens (tertiary/aromatic N) is 1. The van der Waals surface area contributed by atoms with Gasteiger partial charge in [-0.05, 0) is 43.4 Å². The van der Waals surface area contributed by atoms with Crippen LogP contribution in [0, 0.1) is 11.8 Å². The van der Waals surface area contributed by atoms with Crippen LogP contribution in [0.25, 0.3) is 0 Å². The van der Waals surface area contributed by atoms with Crippen LogP contribution in [-0.2, 0) is 24.5 Å². The van der Waals surface area contributed by atoms with Crippen molar-refractivity contribution in [3.05, 3.63) is 35.6 Å². The number of ether oxygens (including phenoxy) is 3. The molecular formula is C23H30N2O5. The highest BCUT2D eigenvalue weighted by atomic mass is 16.5. The Morgan fingerprint density at radius 2 is 2.13 bits per heavy atom. The number of piperidine rings is 1. The van der Waals surface area contributed by atoms with E-state index in [0.29, 0.717) is 17.9 Å². The minimum Gasteiger partial charge on any atom is -0.504 e. The van der Waals surface area contributed by atoms with Gasteiger partial charge in [0.05, 0.1) is 38.6 Å². The number of hydrogen-bond donors (Lipinski definition) is 1. The maximum absolute atomic E-state index is 13.4.